The molecule has 1 N–H and O–H groups in total. The van der Waals surface area contributed by atoms with Crippen LogP contribution in [0.4, 0.5) is 27.5 Å². The molecule has 0 amide bonds. The van der Waals surface area contributed by atoms with Crippen molar-refractivity contribution in [3.8, 4) is 0 Å². The monoisotopic (exact) mass is 363 g/mol. The van der Waals surface area contributed by atoms with Crippen molar-refractivity contribution in [3.63, 3.8) is 0 Å². The maximum Gasteiger partial charge on any atom is 0.229 e. The van der Waals surface area contributed by atoms with Gasteiger partial charge in [-0.15, -0.1) is 0 Å². The van der Waals surface area contributed by atoms with E-state index in [0.717, 1.165) is 37.7 Å². The van der Waals surface area contributed by atoms with Gasteiger partial charge in [0, 0.05) is 38.1 Å². The predicted molar refractivity (Wildman–Crippen MR) is 107 cm³/mol. The fourth-order valence-corrected chi connectivity index (χ4v) is 3.32. The van der Waals surface area contributed by atoms with E-state index in [1.165, 1.54) is 11.6 Å². The Morgan fingerprint density at radius 2 is 1.70 bits per heavy atom. The lowest BCUT2D eigenvalue weighted by atomic mass is 10.2. The summed E-state index contributed by atoms with van der Waals surface area (Å²) >= 11 is 0. The number of nitrogens with one attached hydrogen (secondary N) is 1. The van der Waals surface area contributed by atoms with E-state index in [4.69, 9.17) is 0 Å². The largest absolute Gasteiger partial charge is 0.366 e. The van der Waals surface area contributed by atoms with Crippen LogP contribution in [0.25, 0.3) is 0 Å². The molecule has 2 heterocycles. The van der Waals surface area contributed by atoms with Gasteiger partial charge in [-0.1, -0.05) is 24.3 Å². The summed E-state index contributed by atoms with van der Waals surface area (Å²) in [4.78, 5) is 13.3. The second kappa shape index (κ2) is 7.61. The SMILES string of the molecule is Cc1cccc(Nc2nccc(N3CCN(c4ccccc4F)CC3)n2)c1. The van der Waals surface area contributed by atoms with Crippen LogP contribution >= 0.6 is 0 Å². The lowest BCUT2D eigenvalue weighted by molar-refractivity contribution is 0.596. The van der Waals surface area contributed by atoms with E-state index >= 15 is 0 Å². The van der Waals surface area contributed by atoms with Gasteiger partial charge in [-0.3, -0.25) is 0 Å². The van der Waals surface area contributed by atoms with Crippen molar-refractivity contribution in [3.05, 3.63) is 72.2 Å². The van der Waals surface area contributed by atoms with Crippen molar-refractivity contribution >= 4 is 23.1 Å². The van der Waals surface area contributed by atoms with Crippen molar-refractivity contribution in [1.82, 2.24) is 9.97 Å². The smallest absolute Gasteiger partial charge is 0.229 e. The van der Waals surface area contributed by atoms with Crippen LogP contribution in [-0.2, 0) is 0 Å². The molecule has 1 aromatic heterocycles. The maximum atomic E-state index is 14.0. The van der Waals surface area contributed by atoms with E-state index in [1.807, 2.05) is 30.3 Å². The van der Waals surface area contributed by atoms with Crippen LogP contribution in [0.3, 0.4) is 0 Å². The van der Waals surface area contributed by atoms with E-state index in [-0.39, 0.29) is 5.82 Å². The summed E-state index contributed by atoms with van der Waals surface area (Å²) in [6, 6.07) is 17.0. The fourth-order valence-electron chi connectivity index (χ4n) is 3.32. The van der Waals surface area contributed by atoms with Crippen molar-refractivity contribution in [2.24, 2.45) is 0 Å². The van der Waals surface area contributed by atoms with Gasteiger partial charge in [0.25, 0.3) is 0 Å². The van der Waals surface area contributed by atoms with Gasteiger partial charge in [-0.2, -0.15) is 4.98 Å². The van der Waals surface area contributed by atoms with Crippen LogP contribution in [0, 0.1) is 12.7 Å². The molecule has 1 aliphatic heterocycles. The Morgan fingerprint density at radius 3 is 2.48 bits per heavy atom. The Labute approximate surface area is 158 Å². The molecule has 0 spiro atoms. The number of nitrogens with zero attached hydrogens (tertiary/aromatic N) is 4. The summed E-state index contributed by atoms with van der Waals surface area (Å²) in [6.45, 7) is 5.14. The molecule has 0 radical (unpaired) electrons. The lowest BCUT2D eigenvalue weighted by Gasteiger charge is -2.36. The van der Waals surface area contributed by atoms with Crippen LogP contribution in [0.15, 0.2) is 60.8 Å². The molecule has 138 valence electrons. The number of benzene rings is 2. The highest BCUT2D eigenvalue weighted by Crippen LogP contribution is 2.23. The molecule has 3 aromatic rings. The average Bonchev–Trinajstić information content (AvgIpc) is 2.69. The van der Waals surface area contributed by atoms with Crippen molar-refractivity contribution in [1.29, 1.82) is 0 Å². The summed E-state index contributed by atoms with van der Waals surface area (Å²) in [5.74, 6) is 1.29. The van der Waals surface area contributed by atoms with Gasteiger partial charge in [0.05, 0.1) is 5.69 Å². The number of hydrogen-bond acceptors (Lipinski definition) is 5. The van der Waals surface area contributed by atoms with E-state index in [9.17, 15) is 4.39 Å². The molecule has 0 atom stereocenters. The highest BCUT2D eigenvalue weighted by Gasteiger charge is 2.20. The Hall–Kier alpha value is -3.15. The molecular weight excluding hydrogens is 341 g/mol. The normalized spacial score (nSPS) is 14.3. The van der Waals surface area contributed by atoms with Gasteiger partial charge in [-0.25, -0.2) is 9.37 Å². The van der Waals surface area contributed by atoms with E-state index < -0.39 is 0 Å². The first-order valence-electron chi connectivity index (χ1n) is 9.10. The summed E-state index contributed by atoms with van der Waals surface area (Å²) in [6.07, 6.45) is 1.77. The van der Waals surface area contributed by atoms with Crippen LogP contribution < -0.4 is 15.1 Å². The first-order valence-corrected chi connectivity index (χ1v) is 9.10. The van der Waals surface area contributed by atoms with Crippen molar-refractivity contribution < 1.29 is 4.39 Å². The molecule has 1 saturated heterocycles. The van der Waals surface area contributed by atoms with E-state index in [1.54, 1.807) is 12.3 Å². The third-order valence-corrected chi connectivity index (χ3v) is 4.71. The molecule has 0 bridgehead atoms. The van der Waals surface area contributed by atoms with Crippen LogP contribution in [-0.4, -0.2) is 36.1 Å². The van der Waals surface area contributed by atoms with Crippen LogP contribution in [0.5, 0.6) is 0 Å². The summed E-state index contributed by atoms with van der Waals surface area (Å²) < 4.78 is 14.0. The average molecular weight is 363 g/mol. The minimum absolute atomic E-state index is 0.169. The molecule has 0 aliphatic carbocycles. The lowest BCUT2D eigenvalue weighted by Crippen LogP contribution is -2.47. The van der Waals surface area contributed by atoms with Crippen molar-refractivity contribution in [2.45, 2.75) is 6.92 Å². The second-order valence-corrected chi connectivity index (χ2v) is 6.66. The van der Waals surface area contributed by atoms with Gasteiger partial charge in [0.2, 0.25) is 5.95 Å². The minimum atomic E-state index is -0.169. The molecular formula is C21H22FN5. The van der Waals surface area contributed by atoms with E-state index in [0.29, 0.717) is 11.6 Å². The Balaban J connectivity index is 1.43. The number of aryl methyl sites for hydroxylation is 1. The molecule has 1 aliphatic rings. The molecule has 0 saturated carbocycles. The Kier molecular flexibility index (Phi) is 4.87. The summed E-state index contributed by atoms with van der Waals surface area (Å²) in [7, 11) is 0. The molecule has 5 nitrogen and oxygen atoms in total. The van der Waals surface area contributed by atoms with E-state index in [2.05, 4.69) is 44.1 Å². The second-order valence-electron chi connectivity index (χ2n) is 6.66. The molecule has 1 fully saturated rings. The number of anilines is 4. The van der Waals surface area contributed by atoms with Gasteiger partial charge < -0.3 is 15.1 Å². The highest BCUT2D eigenvalue weighted by molar-refractivity contribution is 5.56. The van der Waals surface area contributed by atoms with Crippen LogP contribution in [0.2, 0.25) is 0 Å². The molecule has 2 aromatic carbocycles. The van der Waals surface area contributed by atoms with Gasteiger partial charge in [0.15, 0.2) is 0 Å². The summed E-state index contributed by atoms with van der Waals surface area (Å²) in [5, 5.41) is 3.26. The van der Waals surface area contributed by atoms with Crippen LogP contribution in [0.1, 0.15) is 5.56 Å². The zero-order valence-electron chi connectivity index (χ0n) is 15.3. The number of hydrogen-bond donors (Lipinski definition) is 1. The molecule has 27 heavy (non-hydrogen) atoms. The molecule has 6 heteroatoms. The molecule has 4 rings (SSSR count). The molecule has 0 unspecified atom stereocenters. The quantitative estimate of drug-likeness (QED) is 0.759. The minimum Gasteiger partial charge on any atom is -0.366 e. The van der Waals surface area contributed by atoms with Crippen molar-refractivity contribution in [2.75, 3.05) is 41.3 Å². The number of piperazine rings is 1. The Morgan fingerprint density at radius 1 is 0.926 bits per heavy atom. The van der Waals surface area contributed by atoms with Gasteiger partial charge in [-0.05, 0) is 42.8 Å². The maximum absolute atomic E-state index is 14.0. The third-order valence-electron chi connectivity index (χ3n) is 4.71. The standard InChI is InChI=1S/C21H22FN5/c1-16-5-4-6-17(15-16)24-21-23-10-9-20(25-21)27-13-11-26(12-14-27)19-8-3-2-7-18(19)22/h2-10,15H,11-14H2,1H3,(H,23,24,25). The van der Waals surface area contributed by atoms with Gasteiger partial charge in [0.1, 0.15) is 11.6 Å². The number of aromatic nitrogens is 2. The fraction of sp³-hybridized carbons (Fsp3) is 0.238. The first kappa shape index (κ1) is 17.3. The zero-order chi connectivity index (χ0) is 18.6. The Bertz CT molecular complexity index is 922. The highest BCUT2D eigenvalue weighted by atomic mass is 19.1. The van der Waals surface area contributed by atoms with Gasteiger partial charge >= 0.3 is 0 Å². The number of rotatable bonds is 4. The first-order chi connectivity index (χ1) is 13.2. The third kappa shape index (κ3) is 4.00. The number of para-hydroxylation sites is 1. The zero-order valence-corrected chi connectivity index (χ0v) is 15.3. The number of halogens is 1. The summed E-state index contributed by atoms with van der Waals surface area (Å²) in [5.41, 5.74) is 2.82. The predicted octanol–water partition coefficient (Wildman–Crippen LogP) is 3.99. The topological polar surface area (TPSA) is 44.3 Å².